The van der Waals surface area contributed by atoms with Gasteiger partial charge >= 0.3 is 6.18 Å². The van der Waals surface area contributed by atoms with Crippen LogP contribution in [0.2, 0.25) is 5.02 Å². The van der Waals surface area contributed by atoms with Crippen LogP contribution in [0, 0.1) is 6.92 Å². The molecule has 0 saturated heterocycles. The molecule has 0 aliphatic rings. The highest BCUT2D eigenvalue weighted by molar-refractivity contribution is 7.92. The molecule has 0 bridgehead atoms. The molecule has 0 saturated carbocycles. The predicted octanol–water partition coefficient (Wildman–Crippen LogP) is 4.43. The molecule has 1 amide bonds. The molecule has 0 aliphatic heterocycles. The van der Waals surface area contributed by atoms with Crippen LogP contribution >= 0.6 is 11.6 Å². The number of sulfonamides is 1. The van der Waals surface area contributed by atoms with E-state index in [1.165, 1.54) is 25.1 Å². The van der Waals surface area contributed by atoms with Crippen molar-refractivity contribution in [1.82, 2.24) is 0 Å². The van der Waals surface area contributed by atoms with Gasteiger partial charge in [-0.05, 0) is 48.9 Å². The maximum atomic E-state index is 12.8. The Morgan fingerprint density at radius 1 is 1.08 bits per heavy atom. The summed E-state index contributed by atoms with van der Waals surface area (Å²) in [6.45, 7) is 2.89. The summed E-state index contributed by atoms with van der Waals surface area (Å²) in [5.41, 5.74) is -0.520. The lowest BCUT2D eigenvalue weighted by Gasteiger charge is -2.14. The molecule has 140 valence electrons. The number of hydrogen-bond donors (Lipinski definition) is 2. The number of carbonyl (C=O) groups is 1. The lowest BCUT2D eigenvalue weighted by atomic mass is 10.2. The van der Waals surface area contributed by atoms with Crippen LogP contribution in [0.25, 0.3) is 0 Å². The Bertz CT molecular complexity index is 960. The van der Waals surface area contributed by atoms with E-state index in [1.54, 1.807) is 6.92 Å². The second-order valence-electron chi connectivity index (χ2n) is 5.46. The highest BCUT2D eigenvalue weighted by Gasteiger charge is 2.31. The Hall–Kier alpha value is -2.26. The zero-order valence-corrected chi connectivity index (χ0v) is 15.2. The largest absolute Gasteiger partial charge is 0.416 e. The average Bonchev–Trinajstić information content (AvgIpc) is 2.49. The van der Waals surface area contributed by atoms with Crippen molar-refractivity contribution in [3.8, 4) is 0 Å². The number of amides is 1. The number of carbonyl (C=O) groups excluding carboxylic acids is 1. The van der Waals surface area contributed by atoms with Crippen molar-refractivity contribution in [2.75, 3.05) is 10.0 Å². The second-order valence-corrected chi connectivity index (χ2v) is 7.55. The highest BCUT2D eigenvalue weighted by Crippen LogP contribution is 2.34. The van der Waals surface area contributed by atoms with E-state index in [2.05, 4.69) is 10.0 Å². The first-order valence-corrected chi connectivity index (χ1v) is 9.04. The fourth-order valence-corrected chi connectivity index (χ4v) is 3.49. The summed E-state index contributed by atoms with van der Waals surface area (Å²) >= 11 is 5.81. The van der Waals surface area contributed by atoms with Gasteiger partial charge in [0.15, 0.2) is 0 Å². The summed E-state index contributed by atoms with van der Waals surface area (Å²) in [7, 11) is -4.18. The molecule has 0 aromatic heterocycles. The van der Waals surface area contributed by atoms with Gasteiger partial charge in [-0.3, -0.25) is 9.52 Å². The molecule has 0 unspecified atom stereocenters. The van der Waals surface area contributed by atoms with Crippen molar-refractivity contribution < 1.29 is 26.4 Å². The van der Waals surface area contributed by atoms with Crippen LogP contribution in [0.3, 0.4) is 0 Å². The van der Waals surface area contributed by atoms with Crippen molar-refractivity contribution in [3.63, 3.8) is 0 Å². The topological polar surface area (TPSA) is 75.3 Å². The summed E-state index contributed by atoms with van der Waals surface area (Å²) in [6, 6.07) is 6.24. The van der Waals surface area contributed by atoms with Gasteiger partial charge in [0.2, 0.25) is 5.91 Å². The number of anilines is 2. The van der Waals surface area contributed by atoms with Crippen LogP contribution in [0.4, 0.5) is 24.5 Å². The minimum Gasteiger partial charge on any atom is -0.326 e. The first kappa shape index (κ1) is 20.1. The molecule has 0 heterocycles. The first-order valence-electron chi connectivity index (χ1n) is 7.18. The van der Waals surface area contributed by atoms with Crippen molar-refractivity contribution in [2.45, 2.75) is 24.9 Å². The molecule has 0 atom stereocenters. The molecular weight excluding hydrogens is 393 g/mol. The Kier molecular flexibility index (Phi) is 5.52. The summed E-state index contributed by atoms with van der Waals surface area (Å²) < 4.78 is 65.4. The van der Waals surface area contributed by atoms with E-state index >= 15 is 0 Å². The third kappa shape index (κ3) is 4.67. The van der Waals surface area contributed by atoms with E-state index in [0.29, 0.717) is 17.3 Å². The molecule has 2 aromatic carbocycles. The van der Waals surface area contributed by atoms with Crippen LogP contribution in [-0.2, 0) is 21.0 Å². The third-order valence-corrected chi connectivity index (χ3v) is 5.05. The van der Waals surface area contributed by atoms with Gasteiger partial charge in [-0.1, -0.05) is 11.6 Å². The van der Waals surface area contributed by atoms with E-state index in [1.807, 2.05) is 0 Å². The summed E-state index contributed by atoms with van der Waals surface area (Å²) in [5.74, 6) is -0.322. The van der Waals surface area contributed by atoms with Gasteiger partial charge in [-0.25, -0.2) is 8.42 Å². The Balaban J connectivity index is 2.38. The smallest absolute Gasteiger partial charge is 0.326 e. The van der Waals surface area contributed by atoms with Gasteiger partial charge in [0.1, 0.15) is 0 Å². The molecule has 5 nitrogen and oxygen atoms in total. The third-order valence-electron chi connectivity index (χ3n) is 3.36. The van der Waals surface area contributed by atoms with Gasteiger partial charge in [0.05, 0.1) is 21.2 Å². The number of benzene rings is 2. The van der Waals surface area contributed by atoms with Crippen molar-refractivity contribution >= 4 is 38.9 Å². The minimum atomic E-state index is -4.64. The van der Waals surface area contributed by atoms with E-state index in [-0.39, 0.29) is 21.5 Å². The zero-order valence-electron chi connectivity index (χ0n) is 13.6. The molecule has 0 radical (unpaired) electrons. The number of halogens is 4. The summed E-state index contributed by atoms with van der Waals surface area (Å²) in [6.07, 6.45) is -4.64. The fraction of sp³-hybridized carbons (Fsp3) is 0.188. The molecule has 0 aliphatic carbocycles. The van der Waals surface area contributed by atoms with Crippen LogP contribution in [0.1, 0.15) is 18.1 Å². The van der Waals surface area contributed by atoms with Gasteiger partial charge in [0.25, 0.3) is 10.0 Å². The standard InChI is InChI=1S/C16H14ClF3N2O3S/c1-9-7-12(4-6-14(9)21-10(2)23)26(24,25)22-15-8-11(16(18,19)20)3-5-13(15)17/h3-8,22H,1-2H3,(H,21,23). The molecule has 0 spiro atoms. The Morgan fingerprint density at radius 3 is 2.27 bits per heavy atom. The van der Waals surface area contributed by atoms with Gasteiger partial charge in [0, 0.05) is 12.6 Å². The number of rotatable bonds is 4. The van der Waals surface area contributed by atoms with Crippen molar-refractivity contribution in [1.29, 1.82) is 0 Å². The SMILES string of the molecule is CC(=O)Nc1ccc(S(=O)(=O)Nc2cc(C(F)(F)F)ccc2Cl)cc1C. The summed E-state index contributed by atoms with van der Waals surface area (Å²) in [5, 5.41) is 2.36. The molecule has 2 rings (SSSR count). The second kappa shape index (κ2) is 7.16. The van der Waals surface area contributed by atoms with Crippen LogP contribution < -0.4 is 10.0 Å². The van der Waals surface area contributed by atoms with Crippen molar-refractivity contribution in [2.24, 2.45) is 0 Å². The van der Waals surface area contributed by atoms with Crippen LogP contribution in [0.15, 0.2) is 41.3 Å². The van der Waals surface area contributed by atoms with Gasteiger partial charge in [-0.15, -0.1) is 0 Å². The normalized spacial score (nSPS) is 11.9. The Labute approximate surface area is 153 Å². The molecule has 10 heteroatoms. The fourth-order valence-electron chi connectivity index (χ4n) is 2.12. The van der Waals surface area contributed by atoms with Crippen LogP contribution in [-0.4, -0.2) is 14.3 Å². The maximum absolute atomic E-state index is 12.8. The van der Waals surface area contributed by atoms with E-state index < -0.39 is 21.8 Å². The minimum absolute atomic E-state index is 0.173. The van der Waals surface area contributed by atoms with Crippen LogP contribution in [0.5, 0.6) is 0 Å². The summed E-state index contributed by atoms with van der Waals surface area (Å²) in [4.78, 5) is 10.9. The lowest BCUT2D eigenvalue weighted by molar-refractivity contribution is -0.137. The molecule has 2 aromatic rings. The number of alkyl halides is 3. The molecular formula is C16H14ClF3N2O3S. The van der Waals surface area contributed by atoms with Gasteiger partial charge in [-0.2, -0.15) is 13.2 Å². The monoisotopic (exact) mass is 406 g/mol. The van der Waals surface area contributed by atoms with E-state index in [0.717, 1.165) is 12.1 Å². The lowest BCUT2D eigenvalue weighted by Crippen LogP contribution is -2.15. The van der Waals surface area contributed by atoms with E-state index in [9.17, 15) is 26.4 Å². The first-order chi connectivity index (χ1) is 11.9. The quantitative estimate of drug-likeness (QED) is 0.788. The Morgan fingerprint density at radius 2 is 1.73 bits per heavy atom. The zero-order chi connectivity index (χ0) is 19.7. The number of aryl methyl sites for hydroxylation is 1. The number of nitrogens with one attached hydrogen (secondary N) is 2. The molecule has 2 N–H and O–H groups in total. The average molecular weight is 407 g/mol. The van der Waals surface area contributed by atoms with E-state index in [4.69, 9.17) is 11.6 Å². The predicted molar refractivity (Wildman–Crippen MR) is 92.7 cm³/mol. The molecule has 26 heavy (non-hydrogen) atoms. The highest BCUT2D eigenvalue weighted by atomic mass is 35.5. The number of hydrogen-bond acceptors (Lipinski definition) is 3. The molecule has 0 fully saturated rings. The van der Waals surface area contributed by atoms with Crippen molar-refractivity contribution in [3.05, 3.63) is 52.5 Å². The maximum Gasteiger partial charge on any atom is 0.416 e. The van der Waals surface area contributed by atoms with Gasteiger partial charge < -0.3 is 5.32 Å².